The Labute approximate surface area is 163 Å². The number of para-hydroxylation sites is 1. The summed E-state index contributed by atoms with van der Waals surface area (Å²) in [6.45, 7) is 2.41. The van der Waals surface area contributed by atoms with Gasteiger partial charge in [0.1, 0.15) is 17.1 Å². The quantitative estimate of drug-likeness (QED) is 0.786. The molecule has 1 aliphatic rings. The van der Waals surface area contributed by atoms with Crippen molar-refractivity contribution in [3.8, 4) is 11.5 Å². The Balaban J connectivity index is 1.78. The number of methoxy groups -OCH3 is 2. The molecule has 0 N–H and O–H groups in total. The molecule has 0 unspecified atom stereocenters. The average molecular weight is 395 g/mol. The van der Waals surface area contributed by atoms with E-state index >= 15 is 0 Å². The number of nitrogens with zero attached hydrogens (tertiary/aromatic N) is 2. The van der Waals surface area contributed by atoms with Crippen LogP contribution >= 0.6 is 23.2 Å². The second kappa shape index (κ2) is 8.06. The predicted molar refractivity (Wildman–Crippen MR) is 104 cm³/mol. The maximum Gasteiger partial charge on any atom is 0.261 e. The van der Waals surface area contributed by atoms with Gasteiger partial charge in [-0.15, -0.1) is 0 Å². The molecule has 7 heteroatoms. The zero-order valence-corrected chi connectivity index (χ0v) is 16.2. The molecule has 0 aliphatic carbocycles. The number of rotatable bonds is 4. The van der Waals surface area contributed by atoms with Crippen molar-refractivity contribution >= 4 is 34.8 Å². The van der Waals surface area contributed by atoms with E-state index in [1.54, 1.807) is 37.3 Å². The van der Waals surface area contributed by atoms with E-state index in [2.05, 4.69) is 4.90 Å². The molecule has 26 heavy (non-hydrogen) atoms. The lowest BCUT2D eigenvalue weighted by Gasteiger charge is -2.37. The minimum atomic E-state index is -0.107. The van der Waals surface area contributed by atoms with E-state index in [4.69, 9.17) is 32.7 Å². The first-order valence-corrected chi connectivity index (χ1v) is 9.01. The highest BCUT2D eigenvalue weighted by atomic mass is 35.5. The van der Waals surface area contributed by atoms with Crippen LogP contribution in [0.5, 0.6) is 11.5 Å². The van der Waals surface area contributed by atoms with Crippen LogP contribution in [0.4, 0.5) is 5.69 Å². The Bertz CT molecular complexity index is 763. The van der Waals surface area contributed by atoms with Crippen molar-refractivity contribution in [2.24, 2.45) is 0 Å². The van der Waals surface area contributed by atoms with Crippen LogP contribution in [0.1, 0.15) is 10.4 Å². The van der Waals surface area contributed by atoms with Crippen LogP contribution in [-0.4, -0.2) is 51.2 Å². The van der Waals surface area contributed by atoms with Crippen molar-refractivity contribution in [3.05, 3.63) is 52.0 Å². The Kier molecular flexibility index (Phi) is 5.79. The maximum atomic E-state index is 13.0. The van der Waals surface area contributed by atoms with E-state index in [1.165, 1.54) is 0 Å². The average Bonchev–Trinajstić information content (AvgIpc) is 2.67. The summed E-state index contributed by atoms with van der Waals surface area (Å²) in [6.07, 6.45) is 0. The SMILES string of the molecule is COc1cccc(OC)c1C(=O)N1CCN(c2c(Cl)cccc2Cl)CC1. The summed E-state index contributed by atoms with van der Waals surface area (Å²) in [5.41, 5.74) is 1.26. The maximum absolute atomic E-state index is 13.0. The highest BCUT2D eigenvalue weighted by Crippen LogP contribution is 2.35. The molecule has 1 fully saturated rings. The molecular formula is C19H20Cl2N2O3. The first-order chi connectivity index (χ1) is 12.6. The summed E-state index contributed by atoms with van der Waals surface area (Å²) in [4.78, 5) is 16.9. The Hall–Kier alpha value is -2.11. The van der Waals surface area contributed by atoms with E-state index in [0.717, 1.165) is 5.69 Å². The summed E-state index contributed by atoms with van der Waals surface area (Å²) in [5, 5.41) is 1.23. The van der Waals surface area contributed by atoms with Gasteiger partial charge in [-0.05, 0) is 24.3 Å². The molecule has 1 heterocycles. The molecule has 138 valence electrons. The Morgan fingerprint density at radius 3 is 1.88 bits per heavy atom. The summed E-state index contributed by atoms with van der Waals surface area (Å²) in [6, 6.07) is 10.8. The fourth-order valence-electron chi connectivity index (χ4n) is 3.14. The van der Waals surface area contributed by atoms with Crippen molar-refractivity contribution in [2.45, 2.75) is 0 Å². The van der Waals surface area contributed by atoms with Crippen molar-refractivity contribution < 1.29 is 14.3 Å². The van der Waals surface area contributed by atoms with Gasteiger partial charge in [-0.2, -0.15) is 0 Å². The molecule has 3 rings (SSSR count). The van der Waals surface area contributed by atoms with Crippen LogP contribution in [0.15, 0.2) is 36.4 Å². The molecule has 0 saturated carbocycles. The Morgan fingerprint density at radius 2 is 1.38 bits per heavy atom. The third-order valence-electron chi connectivity index (χ3n) is 4.46. The zero-order chi connectivity index (χ0) is 18.7. The molecule has 1 aliphatic heterocycles. The minimum Gasteiger partial charge on any atom is -0.496 e. The second-order valence-corrected chi connectivity index (χ2v) is 6.70. The standard InChI is InChI=1S/C19H20Cl2N2O3/c1-25-15-7-4-8-16(26-2)17(15)19(24)23-11-9-22(10-12-23)18-13(20)5-3-6-14(18)21/h3-8H,9-12H2,1-2H3. The number of hydrogen-bond donors (Lipinski definition) is 0. The first kappa shape index (κ1) is 18.7. The number of benzene rings is 2. The highest BCUT2D eigenvalue weighted by molar-refractivity contribution is 6.39. The third-order valence-corrected chi connectivity index (χ3v) is 5.07. The van der Waals surface area contributed by atoms with Gasteiger partial charge in [0.25, 0.3) is 5.91 Å². The van der Waals surface area contributed by atoms with Gasteiger partial charge in [0.05, 0.1) is 30.0 Å². The number of amides is 1. The summed E-state index contributed by atoms with van der Waals surface area (Å²) in [5.74, 6) is 0.904. The molecule has 0 radical (unpaired) electrons. The van der Waals surface area contributed by atoms with E-state index in [1.807, 2.05) is 18.2 Å². The van der Waals surface area contributed by atoms with Crippen LogP contribution in [-0.2, 0) is 0 Å². The molecule has 0 bridgehead atoms. The molecule has 1 saturated heterocycles. The van der Waals surface area contributed by atoms with Crippen molar-refractivity contribution in [2.75, 3.05) is 45.3 Å². The van der Waals surface area contributed by atoms with E-state index < -0.39 is 0 Å². The summed E-state index contributed by atoms with van der Waals surface area (Å²) < 4.78 is 10.7. The summed E-state index contributed by atoms with van der Waals surface area (Å²) >= 11 is 12.6. The van der Waals surface area contributed by atoms with Crippen LogP contribution in [0.3, 0.4) is 0 Å². The molecular weight excluding hydrogens is 375 g/mol. The predicted octanol–water partition coefficient (Wildman–Crippen LogP) is 3.97. The van der Waals surface area contributed by atoms with Gasteiger partial charge in [-0.3, -0.25) is 4.79 Å². The topological polar surface area (TPSA) is 42.0 Å². The van der Waals surface area contributed by atoms with Crippen molar-refractivity contribution in [1.29, 1.82) is 0 Å². The van der Waals surface area contributed by atoms with Crippen LogP contribution in [0.25, 0.3) is 0 Å². The van der Waals surface area contributed by atoms with Gasteiger partial charge < -0.3 is 19.3 Å². The number of halogens is 2. The molecule has 0 spiro atoms. The third kappa shape index (κ3) is 3.55. The second-order valence-electron chi connectivity index (χ2n) is 5.89. The fourth-order valence-corrected chi connectivity index (χ4v) is 3.78. The Morgan fingerprint density at radius 1 is 0.885 bits per heavy atom. The van der Waals surface area contributed by atoms with E-state index in [9.17, 15) is 4.79 Å². The molecule has 2 aromatic carbocycles. The van der Waals surface area contributed by atoms with Gasteiger partial charge >= 0.3 is 0 Å². The monoisotopic (exact) mass is 394 g/mol. The smallest absolute Gasteiger partial charge is 0.261 e. The van der Waals surface area contributed by atoms with Gasteiger partial charge in [0.2, 0.25) is 0 Å². The number of ether oxygens (including phenoxy) is 2. The molecule has 0 aromatic heterocycles. The lowest BCUT2D eigenvalue weighted by molar-refractivity contribution is 0.0740. The van der Waals surface area contributed by atoms with Crippen LogP contribution in [0, 0.1) is 0 Å². The van der Waals surface area contributed by atoms with Gasteiger partial charge in [0, 0.05) is 26.2 Å². The lowest BCUT2D eigenvalue weighted by Crippen LogP contribution is -2.49. The summed E-state index contributed by atoms with van der Waals surface area (Å²) in [7, 11) is 3.09. The van der Waals surface area contributed by atoms with Crippen LogP contribution < -0.4 is 14.4 Å². The number of carbonyl (C=O) groups is 1. The van der Waals surface area contributed by atoms with Crippen molar-refractivity contribution in [3.63, 3.8) is 0 Å². The zero-order valence-electron chi connectivity index (χ0n) is 14.7. The van der Waals surface area contributed by atoms with E-state index in [-0.39, 0.29) is 5.91 Å². The minimum absolute atomic E-state index is 0.107. The highest BCUT2D eigenvalue weighted by Gasteiger charge is 2.28. The largest absolute Gasteiger partial charge is 0.496 e. The first-order valence-electron chi connectivity index (χ1n) is 8.26. The normalized spacial score (nSPS) is 14.3. The number of anilines is 1. The van der Waals surface area contributed by atoms with Gasteiger partial charge in [0.15, 0.2) is 0 Å². The number of hydrogen-bond acceptors (Lipinski definition) is 4. The molecule has 5 nitrogen and oxygen atoms in total. The van der Waals surface area contributed by atoms with Crippen molar-refractivity contribution in [1.82, 2.24) is 4.90 Å². The molecule has 2 aromatic rings. The molecule has 0 atom stereocenters. The fraction of sp³-hybridized carbons (Fsp3) is 0.316. The van der Waals surface area contributed by atoms with E-state index in [0.29, 0.717) is 53.3 Å². The molecule has 1 amide bonds. The van der Waals surface area contributed by atoms with Gasteiger partial charge in [-0.25, -0.2) is 0 Å². The lowest BCUT2D eigenvalue weighted by atomic mass is 10.1. The number of piperazine rings is 1. The number of carbonyl (C=O) groups excluding carboxylic acids is 1. The van der Waals surface area contributed by atoms with Gasteiger partial charge in [-0.1, -0.05) is 35.3 Å². The van der Waals surface area contributed by atoms with Crippen LogP contribution in [0.2, 0.25) is 10.0 Å².